The van der Waals surface area contributed by atoms with E-state index in [4.69, 9.17) is 9.26 Å². The maximum absolute atomic E-state index is 12.2. The van der Waals surface area contributed by atoms with Gasteiger partial charge in [-0.2, -0.15) is 10.1 Å². The fourth-order valence-electron chi connectivity index (χ4n) is 3.18. The molecule has 4 aromatic rings. The number of benzene rings is 2. The third kappa shape index (κ3) is 4.61. The molecule has 0 saturated heterocycles. The molecule has 4 rings (SSSR count). The monoisotopic (exact) mass is 414 g/mol. The molecule has 156 valence electrons. The van der Waals surface area contributed by atoms with Crippen LogP contribution in [-0.4, -0.2) is 25.9 Å². The smallest absolute Gasteiger partial charge is 0.331 e. The summed E-state index contributed by atoms with van der Waals surface area (Å²) >= 11 is 0. The zero-order valence-corrected chi connectivity index (χ0v) is 17.6. The molecule has 7 heteroatoms. The molecule has 7 nitrogen and oxygen atoms in total. The highest BCUT2D eigenvalue weighted by Gasteiger charge is 2.12. The van der Waals surface area contributed by atoms with Crippen molar-refractivity contribution in [1.82, 2.24) is 19.9 Å². The SMILES string of the molecule is Cc1ccc(-c2nc(COC(=O)/C=C/c3c(C)nn(-c4ccccc4)c3C)no2)cc1. The summed E-state index contributed by atoms with van der Waals surface area (Å²) in [6.45, 7) is 5.80. The van der Waals surface area contributed by atoms with Gasteiger partial charge in [-0.05, 0) is 51.1 Å². The van der Waals surface area contributed by atoms with Gasteiger partial charge in [0, 0.05) is 22.9 Å². The van der Waals surface area contributed by atoms with E-state index in [1.165, 1.54) is 6.08 Å². The minimum Gasteiger partial charge on any atom is -0.454 e. The fraction of sp³-hybridized carbons (Fsp3) is 0.167. The Balaban J connectivity index is 1.40. The van der Waals surface area contributed by atoms with Gasteiger partial charge in [-0.1, -0.05) is 41.1 Å². The van der Waals surface area contributed by atoms with Crippen LogP contribution in [0.4, 0.5) is 0 Å². The molecule has 0 aliphatic carbocycles. The molecule has 0 aliphatic heterocycles. The molecule has 0 unspecified atom stereocenters. The van der Waals surface area contributed by atoms with Crippen molar-refractivity contribution in [3.63, 3.8) is 0 Å². The lowest BCUT2D eigenvalue weighted by molar-refractivity contribution is -0.139. The number of hydrogen-bond acceptors (Lipinski definition) is 6. The first-order chi connectivity index (χ1) is 15.0. The van der Waals surface area contributed by atoms with Gasteiger partial charge in [-0.25, -0.2) is 9.48 Å². The van der Waals surface area contributed by atoms with Crippen molar-refractivity contribution in [2.75, 3.05) is 0 Å². The summed E-state index contributed by atoms with van der Waals surface area (Å²) in [5.41, 5.74) is 5.56. The number of aryl methyl sites for hydroxylation is 2. The molecule has 2 aromatic heterocycles. The van der Waals surface area contributed by atoms with Crippen molar-refractivity contribution in [2.45, 2.75) is 27.4 Å². The Morgan fingerprint density at radius 3 is 2.55 bits per heavy atom. The van der Waals surface area contributed by atoms with Gasteiger partial charge in [0.25, 0.3) is 5.89 Å². The van der Waals surface area contributed by atoms with E-state index in [1.54, 1.807) is 6.08 Å². The standard InChI is InChI=1S/C24H22N4O3/c1-16-9-11-19(12-10-16)24-25-22(27-31-24)15-30-23(29)14-13-21-17(2)26-28(18(21)3)20-7-5-4-6-8-20/h4-14H,15H2,1-3H3/b14-13+. The number of carbonyl (C=O) groups is 1. The first-order valence-corrected chi connectivity index (χ1v) is 9.87. The lowest BCUT2D eigenvalue weighted by atomic mass is 10.1. The van der Waals surface area contributed by atoms with Gasteiger partial charge >= 0.3 is 5.97 Å². The van der Waals surface area contributed by atoms with Gasteiger partial charge in [0.15, 0.2) is 6.61 Å². The van der Waals surface area contributed by atoms with Crippen LogP contribution in [0, 0.1) is 20.8 Å². The minimum absolute atomic E-state index is 0.0697. The highest BCUT2D eigenvalue weighted by atomic mass is 16.5. The van der Waals surface area contributed by atoms with E-state index in [0.29, 0.717) is 11.7 Å². The molecule has 0 radical (unpaired) electrons. The molecule has 0 fully saturated rings. The Bertz CT molecular complexity index is 1220. The van der Waals surface area contributed by atoms with E-state index in [-0.39, 0.29) is 6.61 Å². The summed E-state index contributed by atoms with van der Waals surface area (Å²) in [7, 11) is 0. The maximum atomic E-state index is 12.2. The Kier molecular flexibility index (Phi) is 5.75. The second-order valence-corrected chi connectivity index (χ2v) is 7.15. The minimum atomic E-state index is -0.493. The fourth-order valence-corrected chi connectivity index (χ4v) is 3.18. The molecule has 0 N–H and O–H groups in total. The Labute approximate surface area is 180 Å². The van der Waals surface area contributed by atoms with Crippen LogP contribution in [0.25, 0.3) is 23.2 Å². The highest BCUT2D eigenvalue weighted by Crippen LogP contribution is 2.20. The number of nitrogens with zero attached hydrogens (tertiary/aromatic N) is 4. The number of para-hydroxylation sites is 1. The molecule has 0 aliphatic rings. The van der Waals surface area contributed by atoms with Gasteiger partial charge < -0.3 is 9.26 Å². The van der Waals surface area contributed by atoms with Crippen LogP contribution < -0.4 is 0 Å². The first kappa shape index (κ1) is 20.3. The van der Waals surface area contributed by atoms with Gasteiger partial charge in [-0.15, -0.1) is 0 Å². The normalized spacial score (nSPS) is 11.2. The molecule has 0 saturated carbocycles. The van der Waals surface area contributed by atoms with Gasteiger partial charge in [0.2, 0.25) is 5.82 Å². The largest absolute Gasteiger partial charge is 0.454 e. The van der Waals surface area contributed by atoms with Crippen LogP contribution in [0.3, 0.4) is 0 Å². The van der Waals surface area contributed by atoms with Crippen LogP contribution in [0.15, 0.2) is 65.2 Å². The Hall–Kier alpha value is -4.00. The third-order valence-electron chi connectivity index (χ3n) is 4.84. The van der Waals surface area contributed by atoms with Crippen molar-refractivity contribution < 1.29 is 14.1 Å². The van der Waals surface area contributed by atoms with E-state index in [0.717, 1.165) is 33.8 Å². The summed E-state index contributed by atoms with van der Waals surface area (Å²) in [5.74, 6) is 0.204. The second kappa shape index (κ2) is 8.79. The van der Waals surface area contributed by atoms with E-state index >= 15 is 0 Å². The zero-order valence-electron chi connectivity index (χ0n) is 17.6. The van der Waals surface area contributed by atoms with E-state index in [1.807, 2.05) is 80.1 Å². The lowest BCUT2D eigenvalue weighted by Gasteiger charge is -2.03. The quantitative estimate of drug-likeness (QED) is 0.339. The van der Waals surface area contributed by atoms with Crippen molar-refractivity contribution in [3.8, 4) is 17.1 Å². The van der Waals surface area contributed by atoms with E-state index in [9.17, 15) is 4.79 Å². The maximum Gasteiger partial charge on any atom is 0.331 e. The third-order valence-corrected chi connectivity index (χ3v) is 4.84. The molecular formula is C24H22N4O3. The molecule has 0 amide bonds. The van der Waals surface area contributed by atoms with E-state index < -0.39 is 5.97 Å². The van der Waals surface area contributed by atoms with Gasteiger partial charge in [-0.3, -0.25) is 0 Å². The lowest BCUT2D eigenvalue weighted by Crippen LogP contribution is -2.02. The molecular weight excluding hydrogens is 392 g/mol. The zero-order chi connectivity index (χ0) is 21.8. The van der Waals surface area contributed by atoms with Crippen LogP contribution in [0.1, 0.15) is 28.3 Å². The topological polar surface area (TPSA) is 83.0 Å². The summed E-state index contributed by atoms with van der Waals surface area (Å²) < 4.78 is 12.4. The summed E-state index contributed by atoms with van der Waals surface area (Å²) in [4.78, 5) is 16.5. The van der Waals surface area contributed by atoms with Crippen molar-refractivity contribution in [2.24, 2.45) is 0 Å². The Morgan fingerprint density at radius 1 is 1.06 bits per heavy atom. The molecule has 2 aromatic carbocycles. The number of hydrogen-bond donors (Lipinski definition) is 0. The molecule has 2 heterocycles. The van der Waals surface area contributed by atoms with Crippen LogP contribution >= 0.6 is 0 Å². The highest BCUT2D eigenvalue weighted by molar-refractivity contribution is 5.87. The summed E-state index contributed by atoms with van der Waals surface area (Å²) in [6.07, 6.45) is 3.10. The number of carbonyl (C=O) groups excluding carboxylic acids is 1. The van der Waals surface area contributed by atoms with E-state index in [2.05, 4.69) is 15.2 Å². The average molecular weight is 414 g/mol. The first-order valence-electron chi connectivity index (χ1n) is 9.87. The molecule has 31 heavy (non-hydrogen) atoms. The Morgan fingerprint density at radius 2 is 1.81 bits per heavy atom. The second-order valence-electron chi connectivity index (χ2n) is 7.15. The van der Waals surface area contributed by atoms with Crippen LogP contribution in [0.2, 0.25) is 0 Å². The predicted molar refractivity (Wildman–Crippen MR) is 116 cm³/mol. The van der Waals surface area contributed by atoms with Gasteiger partial charge in [0.05, 0.1) is 11.4 Å². The van der Waals surface area contributed by atoms with Crippen LogP contribution in [0.5, 0.6) is 0 Å². The number of ether oxygens (including phenoxy) is 1. The van der Waals surface area contributed by atoms with Crippen molar-refractivity contribution in [3.05, 3.63) is 89.0 Å². The van der Waals surface area contributed by atoms with Crippen molar-refractivity contribution in [1.29, 1.82) is 0 Å². The molecule has 0 spiro atoms. The van der Waals surface area contributed by atoms with Crippen LogP contribution in [-0.2, 0) is 16.1 Å². The van der Waals surface area contributed by atoms with Crippen molar-refractivity contribution >= 4 is 12.0 Å². The summed E-state index contributed by atoms with van der Waals surface area (Å²) in [6, 6.07) is 17.6. The number of esters is 1. The van der Waals surface area contributed by atoms with Gasteiger partial charge in [0.1, 0.15) is 0 Å². The molecule has 0 atom stereocenters. The number of aromatic nitrogens is 4. The number of rotatable bonds is 6. The average Bonchev–Trinajstić information content (AvgIpc) is 3.36. The molecule has 0 bridgehead atoms. The predicted octanol–water partition coefficient (Wildman–Crippen LogP) is 4.60. The summed E-state index contributed by atoms with van der Waals surface area (Å²) in [5, 5.41) is 8.44.